The Bertz CT molecular complexity index is 868. The first-order valence-electron chi connectivity index (χ1n) is 10.2. The van der Waals surface area contributed by atoms with Crippen LogP contribution in [0.1, 0.15) is 30.0 Å². The SMILES string of the molecule is COc1ccccc1C(CNC(=O)CNC(=O)Cc1cccc(F)c1)N1CCCC1. The molecule has 1 atom stereocenters. The van der Waals surface area contributed by atoms with E-state index in [-0.39, 0.29) is 36.6 Å². The van der Waals surface area contributed by atoms with E-state index in [1.54, 1.807) is 19.2 Å². The van der Waals surface area contributed by atoms with Crippen molar-refractivity contribution in [1.29, 1.82) is 0 Å². The number of ether oxygens (including phenoxy) is 1. The molecule has 1 aliphatic rings. The molecule has 0 aromatic heterocycles. The molecule has 30 heavy (non-hydrogen) atoms. The first-order chi connectivity index (χ1) is 14.6. The van der Waals surface area contributed by atoms with E-state index in [4.69, 9.17) is 4.74 Å². The molecule has 2 aromatic rings. The van der Waals surface area contributed by atoms with Gasteiger partial charge in [-0.1, -0.05) is 30.3 Å². The van der Waals surface area contributed by atoms with Crippen LogP contribution in [0.5, 0.6) is 5.75 Å². The Morgan fingerprint density at radius 2 is 1.83 bits per heavy atom. The lowest BCUT2D eigenvalue weighted by Crippen LogP contribution is -2.42. The van der Waals surface area contributed by atoms with E-state index < -0.39 is 0 Å². The Balaban J connectivity index is 1.53. The molecule has 0 aliphatic carbocycles. The number of likely N-dealkylation sites (tertiary alicyclic amines) is 1. The van der Waals surface area contributed by atoms with Crippen molar-refractivity contribution in [3.63, 3.8) is 0 Å². The van der Waals surface area contributed by atoms with Gasteiger partial charge < -0.3 is 15.4 Å². The van der Waals surface area contributed by atoms with Crippen LogP contribution in [0.4, 0.5) is 4.39 Å². The number of hydrogen-bond acceptors (Lipinski definition) is 4. The van der Waals surface area contributed by atoms with E-state index in [2.05, 4.69) is 15.5 Å². The molecular formula is C23H28FN3O3. The maximum Gasteiger partial charge on any atom is 0.239 e. The molecule has 2 amide bonds. The predicted octanol–water partition coefficient (Wildman–Crippen LogP) is 2.45. The third-order valence-corrected chi connectivity index (χ3v) is 5.27. The number of amides is 2. The number of carbonyl (C=O) groups excluding carboxylic acids is 2. The van der Waals surface area contributed by atoms with Gasteiger partial charge in [0, 0.05) is 12.1 Å². The molecule has 1 saturated heterocycles. The molecule has 1 heterocycles. The lowest BCUT2D eigenvalue weighted by Gasteiger charge is -2.29. The first-order valence-corrected chi connectivity index (χ1v) is 10.2. The van der Waals surface area contributed by atoms with E-state index in [1.165, 1.54) is 12.1 Å². The average Bonchev–Trinajstić information content (AvgIpc) is 3.27. The zero-order chi connectivity index (χ0) is 21.3. The normalized spacial score (nSPS) is 14.9. The average molecular weight is 413 g/mol. The van der Waals surface area contributed by atoms with Gasteiger partial charge in [0.1, 0.15) is 11.6 Å². The molecule has 3 rings (SSSR count). The minimum atomic E-state index is -0.387. The predicted molar refractivity (Wildman–Crippen MR) is 113 cm³/mol. The number of rotatable bonds is 9. The minimum absolute atomic E-state index is 0.00981. The van der Waals surface area contributed by atoms with Crippen LogP contribution in [0.15, 0.2) is 48.5 Å². The molecule has 1 unspecified atom stereocenters. The molecule has 1 aliphatic heterocycles. The summed E-state index contributed by atoms with van der Waals surface area (Å²) in [4.78, 5) is 26.7. The summed E-state index contributed by atoms with van der Waals surface area (Å²) in [5.41, 5.74) is 1.61. The van der Waals surface area contributed by atoms with Crippen molar-refractivity contribution in [2.75, 3.05) is 33.3 Å². The zero-order valence-corrected chi connectivity index (χ0v) is 17.2. The van der Waals surface area contributed by atoms with Crippen molar-refractivity contribution in [3.05, 3.63) is 65.5 Å². The number of nitrogens with zero attached hydrogens (tertiary/aromatic N) is 1. The van der Waals surface area contributed by atoms with Gasteiger partial charge in [0.2, 0.25) is 11.8 Å². The van der Waals surface area contributed by atoms with Gasteiger partial charge in [-0.25, -0.2) is 4.39 Å². The van der Waals surface area contributed by atoms with Gasteiger partial charge in [0.05, 0.1) is 26.1 Å². The number of nitrogens with one attached hydrogen (secondary N) is 2. The van der Waals surface area contributed by atoms with E-state index in [9.17, 15) is 14.0 Å². The quantitative estimate of drug-likeness (QED) is 0.663. The van der Waals surface area contributed by atoms with E-state index in [1.807, 2.05) is 24.3 Å². The summed E-state index contributed by atoms with van der Waals surface area (Å²) >= 11 is 0. The summed E-state index contributed by atoms with van der Waals surface area (Å²) in [7, 11) is 1.65. The molecule has 6 nitrogen and oxygen atoms in total. The second kappa shape index (κ2) is 10.7. The Labute approximate surface area is 176 Å². The van der Waals surface area contributed by atoms with Crippen LogP contribution in [0.25, 0.3) is 0 Å². The van der Waals surface area contributed by atoms with Gasteiger partial charge in [0.25, 0.3) is 0 Å². The topological polar surface area (TPSA) is 70.7 Å². The van der Waals surface area contributed by atoms with Gasteiger partial charge in [-0.05, 0) is 49.7 Å². The maximum absolute atomic E-state index is 13.2. The third-order valence-electron chi connectivity index (χ3n) is 5.27. The summed E-state index contributed by atoms with van der Waals surface area (Å²) in [5.74, 6) is -0.173. The van der Waals surface area contributed by atoms with Gasteiger partial charge in [-0.3, -0.25) is 14.5 Å². The van der Waals surface area contributed by atoms with Crippen LogP contribution in [0.3, 0.4) is 0 Å². The molecule has 0 radical (unpaired) electrons. The molecule has 1 fully saturated rings. The molecule has 7 heteroatoms. The molecule has 0 spiro atoms. The Hall–Kier alpha value is -2.93. The highest BCUT2D eigenvalue weighted by atomic mass is 19.1. The Morgan fingerprint density at radius 1 is 1.07 bits per heavy atom. The highest BCUT2D eigenvalue weighted by Gasteiger charge is 2.26. The molecule has 2 aromatic carbocycles. The van der Waals surface area contributed by atoms with Gasteiger partial charge >= 0.3 is 0 Å². The number of hydrogen-bond donors (Lipinski definition) is 2. The largest absolute Gasteiger partial charge is 0.496 e. The smallest absolute Gasteiger partial charge is 0.239 e. The lowest BCUT2D eigenvalue weighted by atomic mass is 10.0. The zero-order valence-electron chi connectivity index (χ0n) is 17.2. The third kappa shape index (κ3) is 6.03. The van der Waals surface area contributed by atoms with Crippen molar-refractivity contribution in [3.8, 4) is 5.75 Å². The molecule has 0 saturated carbocycles. The monoisotopic (exact) mass is 413 g/mol. The van der Waals surface area contributed by atoms with E-state index >= 15 is 0 Å². The minimum Gasteiger partial charge on any atom is -0.496 e. The second-order valence-electron chi connectivity index (χ2n) is 7.39. The number of methoxy groups -OCH3 is 1. The fraction of sp³-hybridized carbons (Fsp3) is 0.391. The van der Waals surface area contributed by atoms with Crippen LogP contribution in [0.2, 0.25) is 0 Å². The number of carbonyl (C=O) groups is 2. The van der Waals surface area contributed by atoms with Crippen LogP contribution in [0, 0.1) is 5.82 Å². The van der Waals surface area contributed by atoms with Crippen LogP contribution in [-0.4, -0.2) is 50.0 Å². The fourth-order valence-electron chi connectivity index (χ4n) is 3.78. The summed E-state index contributed by atoms with van der Waals surface area (Å²) < 4.78 is 18.7. The molecule has 160 valence electrons. The summed E-state index contributed by atoms with van der Waals surface area (Å²) in [6.07, 6.45) is 2.30. The number of halogens is 1. The van der Waals surface area contributed by atoms with Crippen molar-refractivity contribution in [1.82, 2.24) is 15.5 Å². The first kappa shape index (κ1) is 21.8. The Kier molecular flexibility index (Phi) is 7.79. The molecular weight excluding hydrogens is 385 g/mol. The standard InChI is InChI=1S/C23H28FN3O3/c1-30-21-10-3-2-9-19(21)20(27-11-4-5-12-27)15-25-23(29)16-26-22(28)14-17-7-6-8-18(24)13-17/h2-3,6-10,13,20H,4-5,11-12,14-16H2,1H3,(H,25,29)(H,26,28). The van der Waals surface area contributed by atoms with Gasteiger partial charge in [-0.15, -0.1) is 0 Å². The van der Waals surface area contributed by atoms with Crippen molar-refractivity contribution in [2.24, 2.45) is 0 Å². The lowest BCUT2D eigenvalue weighted by molar-refractivity contribution is -0.125. The Morgan fingerprint density at radius 3 is 2.57 bits per heavy atom. The van der Waals surface area contributed by atoms with Crippen LogP contribution in [-0.2, 0) is 16.0 Å². The summed E-state index contributed by atoms with van der Waals surface area (Å²) in [5, 5.41) is 5.52. The van der Waals surface area contributed by atoms with E-state index in [0.29, 0.717) is 12.1 Å². The number of benzene rings is 2. The van der Waals surface area contributed by atoms with E-state index in [0.717, 1.165) is 37.2 Å². The summed E-state index contributed by atoms with van der Waals surface area (Å²) in [6, 6.07) is 13.7. The van der Waals surface area contributed by atoms with Crippen LogP contribution < -0.4 is 15.4 Å². The van der Waals surface area contributed by atoms with Crippen molar-refractivity contribution < 1.29 is 18.7 Å². The summed E-state index contributed by atoms with van der Waals surface area (Å²) in [6.45, 7) is 2.26. The van der Waals surface area contributed by atoms with Gasteiger partial charge in [0.15, 0.2) is 0 Å². The number of para-hydroxylation sites is 1. The highest BCUT2D eigenvalue weighted by molar-refractivity contribution is 5.85. The van der Waals surface area contributed by atoms with Gasteiger partial charge in [-0.2, -0.15) is 0 Å². The second-order valence-corrected chi connectivity index (χ2v) is 7.39. The van der Waals surface area contributed by atoms with Crippen LogP contribution >= 0.6 is 0 Å². The van der Waals surface area contributed by atoms with Crippen molar-refractivity contribution in [2.45, 2.75) is 25.3 Å². The fourth-order valence-corrected chi connectivity index (χ4v) is 3.78. The van der Waals surface area contributed by atoms with Crippen molar-refractivity contribution >= 4 is 11.8 Å². The molecule has 0 bridgehead atoms. The molecule has 2 N–H and O–H groups in total. The maximum atomic E-state index is 13.2. The highest BCUT2D eigenvalue weighted by Crippen LogP contribution is 2.31.